The van der Waals surface area contributed by atoms with E-state index in [1.165, 1.54) is 0 Å². The van der Waals surface area contributed by atoms with Gasteiger partial charge in [-0.05, 0) is 25.7 Å². The summed E-state index contributed by atoms with van der Waals surface area (Å²) in [6, 6.07) is 0. The molecule has 3 heteroatoms. The minimum Gasteiger partial charge on any atom is -0.462 e. The number of carbonyl (C=O) groups excluding carboxylic acids is 1. The average Bonchev–Trinajstić information content (AvgIpc) is 2.69. The molecule has 0 radical (unpaired) electrons. The predicted octanol–water partition coefficient (Wildman–Crippen LogP) is 2.58. The standard InChI is InChI=1S/C13H22O3/c1-2-11(14)7-5-3-4-6-8-12-9-10-13(15)16-12/h2,11-12,14H,1,3-10H2/t11-,12+/m1/s1. The Labute approximate surface area is 97.5 Å². The summed E-state index contributed by atoms with van der Waals surface area (Å²) in [6.07, 6.45) is 9.13. The molecule has 0 amide bonds. The van der Waals surface area contributed by atoms with Crippen LogP contribution in [-0.2, 0) is 9.53 Å². The van der Waals surface area contributed by atoms with Crippen LogP contribution < -0.4 is 0 Å². The van der Waals surface area contributed by atoms with Crippen molar-refractivity contribution >= 4 is 5.97 Å². The topological polar surface area (TPSA) is 46.5 Å². The first-order chi connectivity index (χ1) is 7.72. The maximum Gasteiger partial charge on any atom is 0.306 e. The Morgan fingerprint density at radius 2 is 2.19 bits per heavy atom. The fraction of sp³-hybridized carbons (Fsp3) is 0.769. The molecule has 0 aromatic rings. The van der Waals surface area contributed by atoms with Crippen molar-refractivity contribution in [1.82, 2.24) is 0 Å². The number of unbranched alkanes of at least 4 members (excludes halogenated alkanes) is 3. The first-order valence-corrected chi connectivity index (χ1v) is 6.22. The first-order valence-electron chi connectivity index (χ1n) is 6.22. The lowest BCUT2D eigenvalue weighted by Gasteiger charge is -2.08. The van der Waals surface area contributed by atoms with Gasteiger partial charge in [0.1, 0.15) is 6.10 Å². The van der Waals surface area contributed by atoms with Crippen molar-refractivity contribution in [3.05, 3.63) is 12.7 Å². The number of rotatable bonds is 8. The second kappa shape index (κ2) is 7.44. The number of cyclic esters (lactones) is 1. The quantitative estimate of drug-likeness (QED) is 0.393. The summed E-state index contributed by atoms with van der Waals surface area (Å²) >= 11 is 0. The fourth-order valence-electron chi connectivity index (χ4n) is 1.98. The van der Waals surface area contributed by atoms with Gasteiger partial charge < -0.3 is 9.84 Å². The summed E-state index contributed by atoms with van der Waals surface area (Å²) in [4.78, 5) is 10.8. The van der Waals surface area contributed by atoms with Crippen LogP contribution in [0.3, 0.4) is 0 Å². The van der Waals surface area contributed by atoms with Crippen LogP contribution in [0.2, 0.25) is 0 Å². The van der Waals surface area contributed by atoms with Gasteiger partial charge in [-0.15, -0.1) is 6.58 Å². The van der Waals surface area contributed by atoms with E-state index in [4.69, 9.17) is 4.74 Å². The van der Waals surface area contributed by atoms with Gasteiger partial charge in [0.25, 0.3) is 0 Å². The van der Waals surface area contributed by atoms with Crippen LogP contribution in [0.4, 0.5) is 0 Å². The molecule has 3 nitrogen and oxygen atoms in total. The second-order valence-electron chi connectivity index (χ2n) is 4.45. The number of aliphatic hydroxyl groups excluding tert-OH is 1. The lowest BCUT2D eigenvalue weighted by atomic mass is 10.0. The van der Waals surface area contributed by atoms with E-state index >= 15 is 0 Å². The van der Waals surface area contributed by atoms with E-state index in [2.05, 4.69) is 6.58 Å². The van der Waals surface area contributed by atoms with Gasteiger partial charge in [-0.3, -0.25) is 4.79 Å². The molecule has 0 aromatic heterocycles. The maximum atomic E-state index is 10.8. The molecular weight excluding hydrogens is 204 g/mol. The van der Waals surface area contributed by atoms with Crippen molar-refractivity contribution < 1.29 is 14.6 Å². The van der Waals surface area contributed by atoms with Crippen molar-refractivity contribution in [2.45, 2.75) is 63.6 Å². The highest BCUT2D eigenvalue weighted by atomic mass is 16.5. The average molecular weight is 226 g/mol. The van der Waals surface area contributed by atoms with Crippen molar-refractivity contribution in [3.63, 3.8) is 0 Å². The van der Waals surface area contributed by atoms with Crippen LogP contribution in [0.1, 0.15) is 51.4 Å². The van der Waals surface area contributed by atoms with E-state index in [0.717, 1.165) is 44.9 Å². The number of hydrogen-bond acceptors (Lipinski definition) is 3. The summed E-state index contributed by atoms with van der Waals surface area (Å²) in [6.45, 7) is 3.54. The molecule has 1 aliphatic heterocycles. The highest BCUT2D eigenvalue weighted by Gasteiger charge is 2.22. The molecule has 1 rings (SSSR count). The Hall–Kier alpha value is -0.830. The number of hydrogen-bond donors (Lipinski definition) is 1. The molecule has 1 N–H and O–H groups in total. The third-order valence-corrected chi connectivity index (χ3v) is 3.02. The summed E-state index contributed by atoms with van der Waals surface area (Å²) in [5, 5.41) is 9.24. The predicted molar refractivity (Wildman–Crippen MR) is 63.0 cm³/mol. The van der Waals surface area contributed by atoms with Gasteiger partial charge in [0, 0.05) is 6.42 Å². The Kier molecular flexibility index (Phi) is 6.16. The van der Waals surface area contributed by atoms with Crippen molar-refractivity contribution in [2.24, 2.45) is 0 Å². The van der Waals surface area contributed by atoms with E-state index < -0.39 is 0 Å². The Bertz CT molecular complexity index is 225. The normalized spacial score (nSPS) is 21.8. The summed E-state index contributed by atoms with van der Waals surface area (Å²) in [5.41, 5.74) is 0. The molecule has 0 aliphatic carbocycles. The van der Waals surface area contributed by atoms with Crippen LogP contribution in [-0.4, -0.2) is 23.3 Å². The third-order valence-electron chi connectivity index (χ3n) is 3.02. The number of esters is 1. The van der Waals surface area contributed by atoms with E-state index in [1.54, 1.807) is 6.08 Å². The van der Waals surface area contributed by atoms with Gasteiger partial charge in [0.15, 0.2) is 0 Å². The van der Waals surface area contributed by atoms with E-state index in [1.807, 2.05) is 0 Å². The number of carbonyl (C=O) groups is 1. The smallest absolute Gasteiger partial charge is 0.306 e. The molecular formula is C13H22O3. The Balaban J connectivity index is 1.88. The first kappa shape index (κ1) is 13.2. The molecule has 92 valence electrons. The minimum absolute atomic E-state index is 0.0425. The van der Waals surface area contributed by atoms with E-state index in [-0.39, 0.29) is 18.2 Å². The van der Waals surface area contributed by atoms with Gasteiger partial charge in [0.2, 0.25) is 0 Å². The van der Waals surface area contributed by atoms with Gasteiger partial charge >= 0.3 is 5.97 Å². The second-order valence-corrected chi connectivity index (χ2v) is 4.45. The SMILES string of the molecule is C=C[C@@H](O)CCCCCC[C@H]1CCC(=O)O1. The third kappa shape index (κ3) is 5.31. The lowest BCUT2D eigenvalue weighted by molar-refractivity contribution is -0.141. The van der Waals surface area contributed by atoms with Crippen LogP contribution in [0.25, 0.3) is 0 Å². The van der Waals surface area contributed by atoms with E-state index in [9.17, 15) is 9.90 Å². The molecule has 1 heterocycles. The Morgan fingerprint density at radius 1 is 1.44 bits per heavy atom. The monoisotopic (exact) mass is 226 g/mol. The highest BCUT2D eigenvalue weighted by molar-refractivity contribution is 5.71. The zero-order valence-corrected chi connectivity index (χ0v) is 9.86. The summed E-state index contributed by atoms with van der Waals surface area (Å²) in [7, 11) is 0. The largest absolute Gasteiger partial charge is 0.462 e. The van der Waals surface area contributed by atoms with Gasteiger partial charge in [0.05, 0.1) is 6.10 Å². The van der Waals surface area contributed by atoms with Crippen molar-refractivity contribution in [1.29, 1.82) is 0 Å². The number of ether oxygens (including phenoxy) is 1. The zero-order valence-electron chi connectivity index (χ0n) is 9.86. The molecule has 1 aliphatic rings. The minimum atomic E-state index is -0.351. The zero-order chi connectivity index (χ0) is 11.8. The highest BCUT2D eigenvalue weighted by Crippen LogP contribution is 2.19. The fourth-order valence-corrected chi connectivity index (χ4v) is 1.98. The number of aliphatic hydroxyl groups is 1. The molecule has 0 spiro atoms. The summed E-state index contributed by atoms with van der Waals surface area (Å²) < 4.78 is 5.13. The van der Waals surface area contributed by atoms with Gasteiger partial charge in [-0.25, -0.2) is 0 Å². The van der Waals surface area contributed by atoms with Crippen LogP contribution >= 0.6 is 0 Å². The van der Waals surface area contributed by atoms with Crippen LogP contribution in [0.5, 0.6) is 0 Å². The van der Waals surface area contributed by atoms with Crippen molar-refractivity contribution in [3.8, 4) is 0 Å². The van der Waals surface area contributed by atoms with Crippen LogP contribution in [0, 0.1) is 0 Å². The molecule has 16 heavy (non-hydrogen) atoms. The lowest BCUT2D eigenvalue weighted by Crippen LogP contribution is -2.06. The molecule has 0 bridgehead atoms. The molecule has 1 saturated heterocycles. The van der Waals surface area contributed by atoms with Crippen molar-refractivity contribution in [2.75, 3.05) is 0 Å². The summed E-state index contributed by atoms with van der Waals surface area (Å²) in [5.74, 6) is -0.0425. The molecule has 2 atom stereocenters. The molecule has 0 saturated carbocycles. The molecule has 0 aromatic carbocycles. The van der Waals surface area contributed by atoms with Crippen LogP contribution in [0.15, 0.2) is 12.7 Å². The van der Waals surface area contributed by atoms with Gasteiger partial charge in [-0.1, -0.05) is 25.3 Å². The molecule has 1 fully saturated rings. The maximum absolute atomic E-state index is 10.8. The molecule has 0 unspecified atom stereocenters. The van der Waals surface area contributed by atoms with Gasteiger partial charge in [-0.2, -0.15) is 0 Å². The van der Waals surface area contributed by atoms with E-state index in [0.29, 0.717) is 6.42 Å². The Morgan fingerprint density at radius 3 is 2.81 bits per heavy atom.